The molecule has 1 aliphatic rings. The minimum Gasteiger partial charge on any atom is -0.481 e. The molecule has 0 aliphatic carbocycles. The maximum atomic E-state index is 13.3. The molecular formula is C20H20F3N3O2. The van der Waals surface area contributed by atoms with Crippen LogP contribution < -0.4 is 14.9 Å². The zero-order valence-corrected chi connectivity index (χ0v) is 15.7. The first-order valence-corrected chi connectivity index (χ1v) is 8.66. The number of hydrogen-bond acceptors (Lipinski definition) is 5. The van der Waals surface area contributed by atoms with E-state index in [4.69, 9.17) is 9.47 Å². The minimum absolute atomic E-state index is 0.0204. The number of nitrogens with zero attached hydrogens (tertiary/aromatic N) is 2. The molecule has 8 heteroatoms. The Morgan fingerprint density at radius 2 is 1.89 bits per heavy atom. The standard InChI is InChI=1S/C20H20F3N3O2/c1-12-6-7-25-26-18(9-12)28-17-10-14(20(21,22)23)4-5-15(17)16-8-13(2)11-24-19(16)27-3/h4-5,8-11,25H,6-7H2,1-3H3. The highest BCUT2D eigenvalue weighted by Crippen LogP contribution is 2.40. The van der Waals surface area contributed by atoms with Gasteiger partial charge < -0.3 is 14.9 Å². The summed E-state index contributed by atoms with van der Waals surface area (Å²) in [7, 11) is 1.46. The molecule has 3 rings (SSSR count). The van der Waals surface area contributed by atoms with Crippen LogP contribution in [0.2, 0.25) is 0 Å². The molecule has 0 bridgehead atoms. The molecule has 0 amide bonds. The number of aryl methyl sites for hydroxylation is 1. The Morgan fingerprint density at radius 3 is 2.61 bits per heavy atom. The van der Waals surface area contributed by atoms with Gasteiger partial charge >= 0.3 is 6.18 Å². The fourth-order valence-corrected chi connectivity index (χ4v) is 2.78. The normalized spacial score (nSPS) is 14.5. The second kappa shape index (κ2) is 7.92. The van der Waals surface area contributed by atoms with Gasteiger partial charge in [-0.2, -0.15) is 13.2 Å². The van der Waals surface area contributed by atoms with Crippen LogP contribution in [-0.2, 0) is 6.18 Å². The van der Waals surface area contributed by atoms with Crippen LogP contribution >= 0.6 is 0 Å². The first kappa shape index (κ1) is 19.7. The number of halogens is 3. The van der Waals surface area contributed by atoms with Crippen LogP contribution in [0, 0.1) is 6.92 Å². The van der Waals surface area contributed by atoms with E-state index >= 15 is 0 Å². The Morgan fingerprint density at radius 1 is 1.11 bits per heavy atom. The molecule has 0 radical (unpaired) electrons. The summed E-state index contributed by atoms with van der Waals surface area (Å²) in [6.07, 6.45) is -0.406. The lowest BCUT2D eigenvalue weighted by Gasteiger charge is -2.16. The van der Waals surface area contributed by atoms with E-state index in [2.05, 4.69) is 15.5 Å². The number of methoxy groups -OCH3 is 1. The van der Waals surface area contributed by atoms with Gasteiger partial charge in [0.15, 0.2) is 0 Å². The van der Waals surface area contributed by atoms with Gasteiger partial charge in [-0.1, -0.05) is 5.57 Å². The molecule has 148 valence electrons. The Hall–Kier alpha value is -3.03. The van der Waals surface area contributed by atoms with Gasteiger partial charge in [0.2, 0.25) is 11.8 Å². The summed E-state index contributed by atoms with van der Waals surface area (Å²) in [5, 5.41) is 4.10. The van der Waals surface area contributed by atoms with Gasteiger partial charge in [0.25, 0.3) is 0 Å². The minimum atomic E-state index is -4.50. The van der Waals surface area contributed by atoms with Gasteiger partial charge in [-0.3, -0.25) is 0 Å². The van der Waals surface area contributed by atoms with E-state index < -0.39 is 11.7 Å². The van der Waals surface area contributed by atoms with Crippen LogP contribution in [0.25, 0.3) is 11.1 Å². The van der Waals surface area contributed by atoms with Crippen LogP contribution in [-0.4, -0.2) is 24.5 Å². The molecule has 28 heavy (non-hydrogen) atoms. The van der Waals surface area contributed by atoms with Gasteiger partial charge in [0, 0.05) is 29.9 Å². The van der Waals surface area contributed by atoms with Crippen molar-refractivity contribution < 1.29 is 22.6 Å². The van der Waals surface area contributed by atoms with Crippen LogP contribution in [0.4, 0.5) is 13.2 Å². The molecule has 0 atom stereocenters. The highest BCUT2D eigenvalue weighted by Gasteiger charge is 2.32. The Kier molecular flexibility index (Phi) is 5.58. The van der Waals surface area contributed by atoms with Crippen molar-refractivity contribution in [3.63, 3.8) is 0 Å². The molecule has 1 aromatic heterocycles. The summed E-state index contributed by atoms with van der Waals surface area (Å²) in [6.45, 7) is 4.37. The van der Waals surface area contributed by atoms with E-state index in [9.17, 15) is 13.2 Å². The van der Waals surface area contributed by atoms with Gasteiger partial charge in [0.1, 0.15) is 5.75 Å². The van der Waals surface area contributed by atoms with Gasteiger partial charge in [-0.05, 0) is 50.1 Å². The summed E-state index contributed by atoms with van der Waals surface area (Å²) in [5.74, 6) is 0.505. The maximum Gasteiger partial charge on any atom is 0.416 e. The largest absolute Gasteiger partial charge is 0.481 e. The Bertz CT molecular complexity index is 937. The predicted octanol–water partition coefficient (Wildman–Crippen LogP) is 4.72. The molecule has 0 unspecified atom stereocenters. The summed E-state index contributed by atoms with van der Waals surface area (Å²) < 4.78 is 50.9. The summed E-state index contributed by atoms with van der Waals surface area (Å²) >= 11 is 0. The zero-order valence-electron chi connectivity index (χ0n) is 15.7. The SMILES string of the molecule is COc1ncc(C)cc1-c1ccc(C(F)(F)F)cc1OC1=NNCCC(C)=C1. The highest BCUT2D eigenvalue weighted by molar-refractivity contribution is 5.91. The van der Waals surface area contributed by atoms with Gasteiger partial charge in [-0.25, -0.2) is 4.98 Å². The van der Waals surface area contributed by atoms with Crippen molar-refractivity contribution >= 4 is 5.90 Å². The second-order valence-electron chi connectivity index (χ2n) is 6.48. The molecule has 0 saturated heterocycles. The number of rotatable bonds is 3. The van der Waals surface area contributed by atoms with Crippen molar-refractivity contribution in [2.24, 2.45) is 5.10 Å². The van der Waals surface area contributed by atoms with E-state index in [0.29, 0.717) is 23.6 Å². The average Bonchev–Trinajstić information content (AvgIpc) is 2.84. The molecule has 0 saturated carbocycles. The quantitative estimate of drug-likeness (QED) is 0.823. The summed E-state index contributed by atoms with van der Waals surface area (Å²) in [6, 6.07) is 5.12. The van der Waals surface area contributed by atoms with Gasteiger partial charge in [0.05, 0.1) is 12.7 Å². The number of hydrazone groups is 1. The van der Waals surface area contributed by atoms with Crippen molar-refractivity contribution in [1.82, 2.24) is 10.4 Å². The van der Waals surface area contributed by atoms with Crippen molar-refractivity contribution in [3.8, 4) is 22.8 Å². The Balaban J connectivity index is 2.14. The van der Waals surface area contributed by atoms with Crippen LogP contribution in [0.15, 0.2) is 47.2 Å². The monoisotopic (exact) mass is 391 g/mol. The first-order valence-electron chi connectivity index (χ1n) is 8.66. The van der Waals surface area contributed by atoms with Crippen molar-refractivity contribution in [1.29, 1.82) is 0 Å². The third-order valence-electron chi connectivity index (χ3n) is 4.19. The van der Waals surface area contributed by atoms with Crippen molar-refractivity contribution in [2.75, 3.05) is 13.7 Å². The van der Waals surface area contributed by atoms with Crippen molar-refractivity contribution in [3.05, 3.63) is 53.2 Å². The molecule has 0 spiro atoms. The molecule has 1 aromatic carbocycles. The van der Waals surface area contributed by atoms with Crippen LogP contribution in [0.5, 0.6) is 11.6 Å². The predicted molar refractivity (Wildman–Crippen MR) is 100 cm³/mol. The molecule has 1 N–H and O–H groups in total. The van der Waals surface area contributed by atoms with E-state index in [1.807, 2.05) is 13.8 Å². The van der Waals surface area contributed by atoms with E-state index in [0.717, 1.165) is 29.7 Å². The zero-order chi connectivity index (χ0) is 20.3. The number of pyridine rings is 1. The number of ether oxygens (including phenoxy) is 2. The second-order valence-corrected chi connectivity index (χ2v) is 6.48. The third-order valence-corrected chi connectivity index (χ3v) is 4.19. The molecule has 2 aromatic rings. The van der Waals surface area contributed by atoms with E-state index in [1.165, 1.54) is 13.2 Å². The molecule has 0 fully saturated rings. The summed E-state index contributed by atoms with van der Waals surface area (Å²) in [5.41, 5.74) is 4.84. The lowest BCUT2D eigenvalue weighted by Crippen LogP contribution is -2.13. The van der Waals surface area contributed by atoms with Gasteiger partial charge in [-0.15, -0.1) is 5.10 Å². The molecule has 1 aliphatic heterocycles. The lowest BCUT2D eigenvalue weighted by atomic mass is 10.0. The first-order chi connectivity index (χ1) is 13.3. The number of alkyl halides is 3. The molecule has 2 heterocycles. The highest BCUT2D eigenvalue weighted by atomic mass is 19.4. The number of nitrogens with one attached hydrogen (secondary N) is 1. The van der Waals surface area contributed by atoms with Crippen LogP contribution in [0.3, 0.4) is 0 Å². The number of benzene rings is 1. The Labute approximate surface area is 160 Å². The smallest absolute Gasteiger partial charge is 0.416 e. The molecule has 5 nitrogen and oxygen atoms in total. The topological polar surface area (TPSA) is 55.7 Å². The lowest BCUT2D eigenvalue weighted by molar-refractivity contribution is -0.137. The van der Waals surface area contributed by atoms with Crippen molar-refractivity contribution in [2.45, 2.75) is 26.4 Å². The van der Waals surface area contributed by atoms with E-state index in [-0.39, 0.29) is 11.6 Å². The fourth-order valence-electron chi connectivity index (χ4n) is 2.78. The summed E-state index contributed by atoms with van der Waals surface area (Å²) in [4.78, 5) is 4.20. The number of hydrogen-bond donors (Lipinski definition) is 1. The maximum absolute atomic E-state index is 13.3. The fraction of sp³-hybridized carbons (Fsp3) is 0.300. The molecular weight excluding hydrogens is 371 g/mol. The average molecular weight is 391 g/mol. The van der Waals surface area contributed by atoms with E-state index in [1.54, 1.807) is 18.3 Å². The third kappa shape index (κ3) is 4.44. The van der Waals surface area contributed by atoms with Crippen LogP contribution in [0.1, 0.15) is 24.5 Å². The number of aromatic nitrogens is 1.